The van der Waals surface area contributed by atoms with Gasteiger partial charge in [-0.2, -0.15) is 0 Å². The second-order valence-corrected chi connectivity index (χ2v) is 7.10. The van der Waals surface area contributed by atoms with Gasteiger partial charge in [-0.15, -0.1) is 0 Å². The molecule has 0 bridgehead atoms. The van der Waals surface area contributed by atoms with Gasteiger partial charge in [0.2, 0.25) is 0 Å². The highest BCUT2D eigenvalue weighted by Crippen LogP contribution is 2.52. The summed E-state index contributed by atoms with van der Waals surface area (Å²) in [5, 5.41) is 11.3. The molecular weight excluding hydrogens is 275 g/mol. The number of aryl methyl sites for hydroxylation is 1. The molecule has 1 atom stereocenters. The topological polar surface area (TPSA) is 20.2 Å². The van der Waals surface area contributed by atoms with Crippen molar-refractivity contribution in [3.8, 4) is 0 Å². The SMILES string of the molecule is Cc1cc(C(O)C2(CC(C)C)CCCC2)c(Cl)cc1F. The Morgan fingerprint density at radius 2 is 1.90 bits per heavy atom. The van der Waals surface area contributed by atoms with E-state index in [1.165, 1.54) is 6.07 Å². The summed E-state index contributed by atoms with van der Waals surface area (Å²) in [7, 11) is 0. The summed E-state index contributed by atoms with van der Waals surface area (Å²) in [5.74, 6) is 0.221. The molecule has 1 fully saturated rings. The Kier molecular flexibility index (Phi) is 4.76. The standard InChI is InChI=1S/C17H24ClFO/c1-11(2)10-17(6-4-5-7-17)16(20)13-8-12(3)15(19)9-14(13)18/h8-9,11,16,20H,4-7,10H2,1-3H3. The van der Waals surface area contributed by atoms with Crippen LogP contribution < -0.4 is 0 Å². The van der Waals surface area contributed by atoms with E-state index in [0.717, 1.165) is 32.1 Å². The molecule has 112 valence electrons. The van der Waals surface area contributed by atoms with Gasteiger partial charge in [0.15, 0.2) is 0 Å². The molecule has 1 saturated carbocycles. The van der Waals surface area contributed by atoms with Crippen LogP contribution >= 0.6 is 11.6 Å². The number of hydrogen-bond acceptors (Lipinski definition) is 1. The number of hydrogen-bond donors (Lipinski definition) is 1. The van der Waals surface area contributed by atoms with Crippen LogP contribution in [-0.4, -0.2) is 5.11 Å². The van der Waals surface area contributed by atoms with Gasteiger partial charge in [-0.25, -0.2) is 4.39 Å². The fourth-order valence-electron chi connectivity index (χ4n) is 3.70. The van der Waals surface area contributed by atoms with Crippen molar-refractivity contribution in [2.24, 2.45) is 11.3 Å². The normalized spacial score (nSPS) is 19.6. The first-order chi connectivity index (χ1) is 9.35. The Bertz CT molecular complexity index is 478. The molecule has 0 amide bonds. The highest BCUT2D eigenvalue weighted by molar-refractivity contribution is 6.31. The van der Waals surface area contributed by atoms with E-state index in [0.29, 0.717) is 22.1 Å². The number of rotatable bonds is 4. The maximum atomic E-state index is 13.5. The van der Waals surface area contributed by atoms with Crippen molar-refractivity contribution < 1.29 is 9.50 Å². The minimum absolute atomic E-state index is 0.0952. The van der Waals surface area contributed by atoms with Gasteiger partial charge in [-0.05, 0) is 49.8 Å². The van der Waals surface area contributed by atoms with Crippen LogP contribution in [0.1, 0.15) is 63.2 Å². The molecule has 1 aromatic rings. The van der Waals surface area contributed by atoms with Crippen LogP contribution in [0.15, 0.2) is 12.1 Å². The van der Waals surface area contributed by atoms with Crippen LogP contribution in [0, 0.1) is 24.1 Å². The quantitative estimate of drug-likeness (QED) is 0.786. The van der Waals surface area contributed by atoms with Crippen LogP contribution in [0.25, 0.3) is 0 Å². The Morgan fingerprint density at radius 3 is 2.45 bits per heavy atom. The molecule has 1 aliphatic rings. The number of halogens is 2. The minimum Gasteiger partial charge on any atom is -0.388 e. The van der Waals surface area contributed by atoms with Gasteiger partial charge in [0.25, 0.3) is 0 Å². The molecule has 1 N–H and O–H groups in total. The van der Waals surface area contributed by atoms with Gasteiger partial charge in [-0.3, -0.25) is 0 Å². The molecule has 3 heteroatoms. The zero-order valence-corrected chi connectivity index (χ0v) is 13.3. The number of benzene rings is 1. The fraction of sp³-hybridized carbons (Fsp3) is 0.647. The molecule has 0 spiro atoms. The third-order valence-electron chi connectivity index (χ3n) is 4.57. The van der Waals surface area contributed by atoms with Crippen molar-refractivity contribution in [3.63, 3.8) is 0 Å². The highest BCUT2D eigenvalue weighted by Gasteiger charge is 2.42. The molecule has 0 aliphatic heterocycles. The van der Waals surface area contributed by atoms with Gasteiger partial charge in [-0.1, -0.05) is 38.3 Å². The Balaban J connectivity index is 2.37. The van der Waals surface area contributed by atoms with E-state index < -0.39 is 6.10 Å². The monoisotopic (exact) mass is 298 g/mol. The average molecular weight is 299 g/mol. The van der Waals surface area contributed by atoms with E-state index in [9.17, 15) is 9.50 Å². The van der Waals surface area contributed by atoms with Gasteiger partial charge in [0.1, 0.15) is 5.82 Å². The summed E-state index contributed by atoms with van der Waals surface area (Å²) >= 11 is 6.17. The highest BCUT2D eigenvalue weighted by atomic mass is 35.5. The maximum absolute atomic E-state index is 13.5. The molecule has 1 aromatic carbocycles. The Labute approximate surface area is 126 Å². The lowest BCUT2D eigenvalue weighted by Crippen LogP contribution is -2.28. The predicted molar refractivity (Wildman–Crippen MR) is 81.5 cm³/mol. The average Bonchev–Trinajstić information content (AvgIpc) is 2.81. The van der Waals surface area contributed by atoms with Crippen molar-refractivity contribution in [2.45, 2.75) is 59.0 Å². The number of aliphatic hydroxyl groups is 1. The van der Waals surface area contributed by atoms with Gasteiger partial charge >= 0.3 is 0 Å². The van der Waals surface area contributed by atoms with Crippen molar-refractivity contribution in [2.75, 3.05) is 0 Å². The van der Waals surface area contributed by atoms with E-state index in [2.05, 4.69) is 13.8 Å². The van der Waals surface area contributed by atoms with Crippen LogP contribution in [0.4, 0.5) is 4.39 Å². The first kappa shape index (κ1) is 15.8. The minimum atomic E-state index is -0.598. The first-order valence-electron chi connectivity index (χ1n) is 7.49. The summed E-state index contributed by atoms with van der Waals surface area (Å²) < 4.78 is 13.5. The Morgan fingerprint density at radius 1 is 1.30 bits per heavy atom. The smallest absolute Gasteiger partial charge is 0.127 e. The second kappa shape index (κ2) is 6.03. The summed E-state index contributed by atoms with van der Waals surface area (Å²) in [5.41, 5.74) is 1.14. The van der Waals surface area contributed by atoms with Crippen LogP contribution in [-0.2, 0) is 0 Å². The molecule has 1 aliphatic carbocycles. The summed E-state index contributed by atoms with van der Waals surface area (Å²) in [4.78, 5) is 0. The van der Waals surface area contributed by atoms with Crippen LogP contribution in [0.5, 0.6) is 0 Å². The molecule has 2 rings (SSSR count). The van der Waals surface area contributed by atoms with E-state index >= 15 is 0 Å². The lowest BCUT2D eigenvalue weighted by atomic mass is 9.72. The van der Waals surface area contributed by atoms with Crippen LogP contribution in [0.2, 0.25) is 5.02 Å². The maximum Gasteiger partial charge on any atom is 0.127 e. The summed E-state index contributed by atoms with van der Waals surface area (Å²) in [6.07, 6.45) is 4.75. The molecular formula is C17H24ClFO. The molecule has 0 radical (unpaired) electrons. The van der Waals surface area contributed by atoms with E-state index in [4.69, 9.17) is 11.6 Å². The lowest BCUT2D eigenvalue weighted by molar-refractivity contribution is 0.0112. The van der Waals surface area contributed by atoms with Crippen LogP contribution in [0.3, 0.4) is 0 Å². The van der Waals surface area contributed by atoms with E-state index in [1.54, 1.807) is 13.0 Å². The zero-order valence-electron chi connectivity index (χ0n) is 12.5. The lowest BCUT2D eigenvalue weighted by Gasteiger charge is -2.36. The van der Waals surface area contributed by atoms with Gasteiger partial charge in [0, 0.05) is 16.0 Å². The third kappa shape index (κ3) is 3.01. The molecule has 0 saturated heterocycles. The fourth-order valence-corrected chi connectivity index (χ4v) is 3.95. The summed E-state index contributed by atoms with van der Waals surface area (Å²) in [6.45, 7) is 6.08. The van der Waals surface area contributed by atoms with Gasteiger partial charge < -0.3 is 5.11 Å². The van der Waals surface area contributed by atoms with Gasteiger partial charge in [0.05, 0.1) is 6.10 Å². The predicted octanol–water partition coefficient (Wildman–Crippen LogP) is 5.43. The first-order valence-corrected chi connectivity index (χ1v) is 7.87. The van der Waals surface area contributed by atoms with E-state index in [-0.39, 0.29) is 11.2 Å². The van der Waals surface area contributed by atoms with Crippen molar-refractivity contribution in [1.82, 2.24) is 0 Å². The molecule has 1 unspecified atom stereocenters. The molecule has 0 aromatic heterocycles. The number of aliphatic hydroxyl groups excluding tert-OH is 1. The summed E-state index contributed by atoms with van der Waals surface area (Å²) in [6, 6.07) is 3.04. The molecule has 1 nitrogen and oxygen atoms in total. The van der Waals surface area contributed by atoms with Crippen molar-refractivity contribution in [3.05, 3.63) is 34.1 Å². The van der Waals surface area contributed by atoms with Crippen molar-refractivity contribution >= 4 is 11.6 Å². The molecule has 20 heavy (non-hydrogen) atoms. The van der Waals surface area contributed by atoms with E-state index in [1.807, 2.05) is 0 Å². The zero-order chi connectivity index (χ0) is 14.9. The second-order valence-electron chi connectivity index (χ2n) is 6.69. The Hall–Kier alpha value is -0.600. The molecule has 0 heterocycles. The van der Waals surface area contributed by atoms with Crippen molar-refractivity contribution in [1.29, 1.82) is 0 Å². The third-order valence-corrected chi connectivity index (χ3v) is 4.89. The largest absolute Gasteiger partial charge is 0.388 e.